The van der Waals surface area contributed by atoms with Crippen molar-refractivity contribution in [2.45, 2.75) is 51.6 Å². The van der Waals surface area contributed by atoms with Crippen molar-refractivity contribution in [3.8, 4) is 0 Å². The van der Waals surface area contributed by atoms with Crippen LogP contribution in [0.25, 0.3) is 0 Å². The van der Waals surface area contributed by atoms with Crippen LogP contribution in [-0.4, -0.2) is 30.2 Å². The highest BCUT2D eigenvalue weighted by Crippen LogP contribution is 2.19. The molecule has 1 aliphatic heterocycles. The van der Waals surface area contributed by atoms with Crippen molar-refractivity contribution in [1.82, 2.24) is 0 Å². The molecule has 72 valence electrons. The fourth-order valence-electron chi connectivity index (χ4n) is 1.31. The van der Waals surface area contributed by atoms with E-state index in [2.05, 4.69) is 0 Å². The Morgan fingerprint density at radius 1 is 1.50 bits per heavy atom. The van der Waals surface area contributed by atoms with Crippen LogP contribution in [0.5, 0.6) is 0 Å². The van der Waals surface area contributed by atoms with Gasteiger partial charge in [-0.25, -0.2) is 0 Å². The summed E-state index contributed by atoms with van der Waals surface area (Å²) in [5.41, 5.74) is 0. The monoisotopic (exact) mass is 174 g/mol. The summed E-state index contributed by atoms with van der Waals surface area (Å²) in [6, 6.07) is 0. The van der Waals surface area contributed by atoms with E-state index in [1.54, 1.807) is 0 Å². The maximum atomic E-state index is 9.46. The fraction of sp³-hybridized carbons (Fsp3) is 1.00. The number of rotatable bonds is 3. The Bertz CT molecular complexity index is 127. The molecule has 0 spiro atoms. The number of aliphatic hydroxyl groups is 1. The molecule has 0 amide bonds. The van der Waals surface area contributed by atoms with Crippen LogP contribution in [0, 0.1) is 0 Å². The van der Waals surface area contributed by atoms with Gasteiger partial charge in [0.05, 0.1) is 6.10 Å². The second-order valence-corrected chi connectivity index (χ2v) is 3.33. The zero-order valence-electron chi connectivity index (χ0n) is 7.82. The topological polar surface area (TPSA) is 38.7 Å². The molecule has 0 aromatic carbocycles. The van der Waals surface area contributed by atoms with E-state index in [1.165, 1.54) is 0 Å². The molecule has 3 nitrogen and oxygen atoms in total. The second-order valence-electron chi connectivity index (χ2n) is 3.33. The third kappa shape index (κ3) is 2.73. The van der Waals surface area contributed by atoms with Crippen LogP contribution in [-0.2, 0) is 9.47 Å². The van der Waals surface area contributed by atoms with Gasteiger partial charge in [-0.15, -0.1) is 0 Å². The van der Waals surface area contributed by atoms with Gasteiger partial charge in [0.25, 0.3) is 0 Å². The van der Waals surface area contributed by atoms with E-state index in [9.17, 15) is 5.11 Å². The standard InChI is InChI=1S/C9H18O3/c1-3-6-11-9-8(10)5-4-7(2)12-9/h7-10H,3-6H2,1-2H3/t7-,8-,9+/m0/s1. The molecule has 0 saturated carbocycles. The first-order valence-corrected chi connectivity index (χ1v) is 4.69. The van der Waals surface area contributed by atoms with Gasteiger partial charge in [-0.3, -0.25) is 0 Å². The molecule has 0 bridgehead atoms. The zero-order valence-corrected chi connectivity index (χ0v) is 7.82. The summed E-state index contributed by atoms with van der Waals surface area (Å²) in [6.45, 7) is 4.71. The number of hydrogen-bond donors (Lipinski definition) is 1. The smallest absolute Gasteiger partial charge is 0.183 e. The lowest BCUT2D eigenvalue weighted by Crippen LogP contribution is -2.39. The highest BCUT2D eigenvalue weighted by Gasteiger charge is 2.27. The van der Waals surface area contributed by atoms with Gasteiger partial charge in [-0.05, 0) is 26.2 Å². The molecule has 1 saturated heterocycles. The lowest BCUT2D eigenvalue weighted by atomic mass is 10.1. The molecule has 1 heterocycles. The molecule has 0 aromatic heterocycles. The minimum absolute atomic E-state index is 0.218. The Balaban J connectivity index is 2.28. The third-order valence-electron chi connectivity index (χ3n) is 2.04. The molecule has 12 heavy (non-hydrogen) atoms. The maximum absolute atomic E-state index is 9.46. The van der Waals surface area contributed by atoms with Crippen LogP contribution in [0.2, 0.25) is 0 Å². The average Bonchev–Trinajstić information content (AvgIpc) is 2.07. The van der Waals surface area contributed by atoms with Crippen molar-refractivity contribution < 1.29 is 14.6 Å². The summed E-state index contributed by atoms with van der Waals surface area (Å²) in [4.78, 5) is 0. The SMILES string of the molecule is CCCO[C@@H]1O[C@@H](C)CC[C@@H]1O. The molecular weight excluding hydrogens is 156 g/mol. The Hall–Kier alpha value is -0.120. The molecule has 0 aliphatic carbocycles. The summed E-state index contributed by atoms with van der Waals surface area (Å²) in [6.07, 6.45) is 2.06. The molecule has 3 heteroatoms. The summed E-state index contributed by atoms with van der Waals surface area (Å²) in [5.74, 6) is 0. The van der Waals surface area contributed by atoms with Crippen molar-refractivity contribution in [1.29, 1.82) is 0 Å². The van der Waals surface area contributed by atoms with Crippen LogP contribution in [0.1, 0.15) is 33.1 Å². The van der Waals surface area contributed by atoms with Crippen molar-refractivity contribution in [3.05, 3.63) is 0 Å². The van der Waals surface area contributed by atoms with Gasteiger partial charge in [-0.2, -0.15) is 0 Å². The zero-order chi connectivity index (χ0) is 8.97. The van der Waals surface area contributed by atoms with Crippen LogP contribution in [0.4, 0.5) is 0 Å². The van der Waals surface area contributed by atoms with E-state index >= 15 is 0 Å². The largest absolute Gasteiger partial charge is 0.388 e. The molecule has 3 atom stereocenters. The van der Waals surface area contributed by atoms with Gasteiger partial charge < -0.3 is 14.6 Å². The molecule has 0 aromatic rings. The van der Waals surface area contributed by atoms with Crippen LogP contribution in [0.15, 0.2) is 0 Å². The van der Waals surface area contributed by atoms with E-state index in [1.807, 2.05) is 13.8 Å². The van der Waals surface area contributed by atoms with Gasteiger partial charge in [0, 0.05) is 6.61 Å². The first-order chi connectivity index (χ1) is 5.74. The molecule has 0 unspecified atom stereocenters. The molecule has 0 radical (unpaired) electrons. The lowest BCUT2D eigenvalue weighted by Gasteiger charge is -2.31. The van der Waals surface area contributed by atoms with Gasteiger partial charge in [0.2, 0.25) is 0 Å². The van der Waals surface area contributed by atoms with Gasteiger partial charge >= 0.3 is 0 Å². The van der Waals surface area contributed by atoms with Crippen molar-refractivity contribution in [2.75, 3.05) is 6.61 Å². The Labute approximate surface area is 73.7 Å². The molecule has 1 aliphatic rings. The van der Waals surface area contributed by atoms with Crippen molar-refractivity contribution >= 4 is 0 Å². The minimum atomic E-state index is -0.437. The van der Waals surface area contributed by atoms with Crippen LogP contribution >= 0.6 is 0 Å². The molecule has 1 fully saturated rings. The van der Waals surface area contributed by atoms with Gasteiger partial charge in [-0.1, -0.05) is 6.92 Å². The number of hydrogen-bond acceptors (Lipinski definition) is 3. The summed E-state index contributed by atoms with van der Waals surface area (Å²) in [5, 5.41) is 9.46. The summed E-state index contributed by atoms with van der Waals surface area (Å²) < 4.78 is 10.8. The van der Waals surface area contributed by atoms with Gasteiger partial charge in [0.15, 0.2) is 6.29 Å². The van der Waals surface area contributed by atoms with E-state index in [0.29, 0.717) is 6.61 Å². The molecule has 1 N–H and O–H groups in total. The predicted octanol–water partition coefficient (Wildman–Crippen LogP) is 1.30. The molecular formula is C9H18O3. The van der Waals surface area contributed by atoms with Crippen molar-refractivity contribution in [2.24, 2.45) is 0 Å². The lowest BCUT2D eigenvalue weighted by molar-refractivity contribution is -0.236. The second kappa shape index (κ2) is 4.80. The predicted molar refractivity (Wildman–Crippen MR) is 45.8 cm³/mol. The first kappa shape index (κ1) is 9.96. The average molecular weight is 174 g/mol. The number of ether oxygens (including phenoxy) is 2. The summed E-state index contributed by atoms with van der Waals surface area (Å²) in [7, 11) is 0. The Morgan fingerprint density at radius 3 is 2.92 bits per heavy atom. The van der Waals surface area contributed by atoms with Crippen LogP contribution in [0.3, 0.4) is 0 Å². The molecule has 1 rings (SSSR count). The van der Waals surface area contributed by atoms with E-state index < -0.39 is 12.4 Å². The highest BCUT2D eigenvalue weighted by molar-refractivity contribution is 4.70. The van der Waals surface area contributed by atoms with E-state index in [-0.39, 0.29) is 6.10 Å². The highest BCUT2D eigenvalue weighted by atomic mass is 16.7. The minimum Gasteiger partial charge on any atom is -0.388 e. The third-order valence-corrected chi connectivity index (χ3v) is 2.04. The number of aliphatic hydroxyl groups excluding tert-OH is 1. The van der Waals surface area contributed by atoms with Crippen molar-refractivity contribution in [3.63, 3.8) is 0 Å². The quantitative estimate of drug-likeness (QED) is 0.701. The Kier molecular flexibility index (Phi) is 3.98. The first-order valence-electron chi connectivity index (χ1n) is 4.69. The Morgan fingerprint density at radius 2 is 2.25 bits per heavy atom. The maximum Gasteiger partial charge on any atom is 0.183 e. The van der Waals surface area contributed by atoms with E-state index in [4.69, 9.17) is 9.47 Å². The normalized spacial score (nSPS) is 36.8. The van der Waals surface area contributed by atoms with Gasteiger partial charge in [0.1, 0.15) is 6.10 Å². The summed E-state index contributed by atoms with van der Waals surface area (Å²) >= 11 is 0. The van der Waals surface area contributed by atoms with E-state index in [0.717, 1.165) is 19.3 Å². The van der Waals surface area contributed by atoms with Crippen LogP contribution < -0.4 is 0 Å². The fourth-order valence-corrected chi connectivity index (χ4v) is 1.31.